The summed E-state index contributed by atoms with van der Waals surface area (Å²) in [6.07, 6.45) is 14.0. The molecule has 0 spiro atoms. The minimum absolute atomic E-state index is 0.354. The van der Waals surface area contributed by atoms with Crippen LogP contribution in [0.4, 0.5) is 0 Å². The molecule has 0 aliphatic heterocycles. The molecule has 1 heterocycles. The Morgan fingerprint density at radius 3 is 2.61 bits per heavy atom. The summed E-state index contributed by atoms with van der Waals surface area (Å²) in [7, 11) is 0. The highest BCUT2D eigenvalue weighted by molar-refractivity contribution is 5.07. The molecule has 0 bridgehead atoms. The van der Waals surface area contributed by atoms with Gasteiger partial charge in [0, 0.05) is 0 Å². The molecule has 5 nitrogen and oxygen atoms in total. The molecule has 5 heteroatoms. The van der Waals surface area contributed by atoms with Gasteiger partial charge in [0.1, 0.15) is 0 Å². The summed E-state index contributed by atoms with van der Waals surface area (Å²) in [5, 5.41) is 23.9. The van der Waals surface area contributed by atoms with Crippen LogP contribution in [0.25, 0.3) is 0 Å². The first-order chi connectivity index (χ1) is 14.8. The Hall–Kier alpha value is -0.970. The van der Waals surface area contributed by atoms with Crippen LogP contribution in [0.15, 0.2) is 0 Å². The number of aromatic nitrogens is 4. The SMILES string of the molecule is CCC[C@@]1(O)CC[C@H]2[C@H](CC[C@@H]3[C@@H]2CC[C@]2(C)[C@@H](C(C)Cn4nnc(C)n4)CC[C@@H]32)C1. The fourth-order valence-corrected chi connectivity index (χ4v) is 9.42. The molecule has 4 fully saturated rings. The highest BCUT2D eigenvalue weighted by Crippen LogP contribution is 2.65. The van der Waals surface area contributed by atoms with E-state index in [-0.39, 0.29) is 5.60 Å². The third-order valence-corrected chi connectivity index (χ3v) is 10.6. The van der Waals surface area contributed by atoms with Gasteiger partial charge in [-0.15, -0.1) is 10.2 Å². The third kappa shape index (κ3) is 3.77. The molecule has 0 saturated heterocycles. The molecular formula is C26H44N4O. The summed E-state index contributed by atoms with van der Waals surface area (Å²) in [5.74, 6) is 6.60. The van der Waals surface area contributed by atoms with E-state index >= 15 is 0 Å². The number of fused-ring (bicyclic) bond motifs is 5. The number of rotatable bonds is 5. The summed E-state index contributed by atoms with van der Waals surface area (Å²) < 4.78 is 0. The van der Waals surface area contributed by atoms with Gasteiger partial charge in [-0.05, 0) is 123 Å². The van der Waals surface area contributed by atoms with Crippen molar-refractivity contribution in [3.05, 3.63) is 5.82 Å². The Balaban J connectivity index is 1.28. The first kappa shape index (κ1) is 21.9. The second-order valence-corrected chi connectivity index (χ2v) is 12.2. The lowest BCUT2D eigenvalue weighted by molar-refractivity contribution is -0.110. The average molecular weight is 429 g/mol. The Labute approximate surface area is 188 Å². The molecule has 1 aromatic rings. The van der Waals surface area contributed by atoms with Gasteiger partial charge in [0.25, 0.3) is 0 Å². The molecule has 0 aromatic carbocycles. The van der Waals surface area contributed by atoms with Crippen molar-refractivity contribution in [3.8, 4) is 0 Å². The van der Waals surface area contributed by atoms with E-state index in [0.717, 1.165) is 73.6 Å². The second-order valence-electron chi connectivity index (χ2n) is 12.2. The van der Waals surface area contributed by atoms with Gasteiger partial charge >= 0.3 is 0 Å². The number of aryl methyl sites for hydroxylation is 1. The quantitative estimate of drug-likeness (QED) is 0.680. The van der Waals surface area contributed by atoms with E-state index in [0.29, 0.717) is 11.3 Å². The molecule has 4 aliphatic carbocycles. The largest absolute Gasteiger partial charge is 0.390 e. The van der Waals surface area contributed by atoms with E-state index < -0.39 is 0 Å². The van der Waals surface area contributed by atoms with Crippen molar-refractivity contribution in [2.45, 2.75) is 110 Å². The van der Waals surface area contributed by atoms with Gasteiger partial charge in [0.2, 0.25) is 0 Å². The Morgan fingerprint density at radius 1 is 1.06 bits per heavy atom. The van der Waals surface area contributed by atoms with Crippen LogP contribution in [-0.2, 0) is 6.54 Å². The molecular weight excluding hydrogens is 384 g/mol. The summed E-state index contributed by atoms with van der Waals surface area (Å²) >= 11 is 0. The summed E-state index contributed by atoms with van der Waals surface area (Å²) in [5.41, 5.74) is 0.133. The predicted octanol–water partition coefficient (Wildman–Crippen LogP) is 5.42. The fourth-order valence-electron chi connectivity index (χ4n) is 9.42. The molecule has 1 N–H and O–H groups in total. The average Bonchev–Trinajstić information content (AvgIpc) is 3.29. The van der Waals surface area contributed by atoms with Gasteiger partial charge in [0.05, 0.1) is 12.1 Å². The molecule has 31 heavy (non-hydrogen) atoms. The van der Waals surface area contributed by atoms with Crippen LogP contribution in [0.3, 0.4) is 0 Å². The summed E-state index contributed by atoms with van der Waals surface area (Å²) in [6.45, 7) is 10.1. The first-order valence-corrected chi connectivity index (χ1v) is 13.3. The molecule has 174 valence electrons. The van der Waals surface area contributed by atoms with Crippen LogP contribution in [0, 0.1) is 53.8 Å². The zero-order valence-electron chi connectivity index (χ0n) is 20.3. The predicted molar refractivity (Wildman–Crippen MR) is 122 cm³/mol. The maximum absolute atomic E-state index is 11.1. The monoisotopic (exact) mass is 428 g/mol. The van der Waals surface area contributed by atoms with Crippen LogP contribution in [0.1, 0.15) is 97.2 Å². The van der Waals surface area contributed by atoms with Crippen LogP contribution >= 0.6 is 0 Å². The number of aliphatic hydroxyl groups is 1. The van der Waals surface area contributed by atoms with Crippen LogP contribution in [0.2, 0.25) is 0 Å². The van der Waals surface area contributed by atoms with E-state index in [1.54, 1.807) is 0 Å². The van der Waals surface area contributed by atoms with E-state index in [1.165, 1.54) is 44.9 Å². The zero-order valence-corrected chi connectivity index (χ0v) is 20.3. The van der Waals surface area contributed by atoms with Gasteiger partial charge in [0.15, 0.2) is 5.82 Å². The van der Waals surface area contributed by atoms with Crippen molar-refractivity contribution < 1.29 is 5.11 Å². The maximum Gasteiger partial charge on any atom is 0.171 e. The fraction of sp³-hybridized carbons (Fsp3) is 0.962. The van der Waals surface area contributed by atoms with Crippen molar-refractivity contribution in [2.24, 2.45) is 46.8 Å². The lowest BCUT2D eigenvalue weighted by Crippen LogP contribution is -2.51. The Morgan fingerprint density at radius 2 is 1.87 bits per heavy atom. The summed E-state index contributed by atoms with van der Waals surface area (Å²) in [4.78, 5) is 1.83. The highest BCUT2D eigenvalue weighted by atomic mass is 16.3. The van der Waals surface area contributed by atoms with Crippen LogP contribution in [0.5, 0.6) is 0 Å². The minimum atomic E-state index is -0.354. The molecule has 1 aromatic heterocycles. The molecule has 1 unspecified atom stereocenters. The smallest absolute Gasteiger partial charge is 0.171 e. The number of tetrazole rings is 1. The Kier molecular flexibility index (Phi) is 5.72. The van der Waals surface area contributed by atoms with Gasteiger partial charge in [-0.3, -0.25) is 0 Å². The van der Waals surface area contributed by atoms with Crippen LogP contribution < -0.4 is 0 Å². The van der Waals surface area contributed by atoms with Gasteiger partial charge in [-0.1, -0.05) is 27.2 Å². The Bertz CT molecular complexity index is 779. The molecule has 4 saturated carbocycles. The standard InChI is InChI=1S/C26H44N4O/c1-5-12-26(31)14-11-20-19(15-26)6-7-22-21(20)10-13-25(4)23(8-9-24(22)25)17(2)16-30-28-18(3)27-29-30/h17,19-24,31H,5-16H2,1-4H3/t17?,19-,20+,21-,22-,23-,24+,25-,26-/m1/s1. The normalized spacial score (nSPS) is 45.6. The molecule has 9 atom stereocenters. The van der Waals surface area contributed by atoms with E-state index in [9.17, 15) is 5.11 Å². The van der Waals surface area contributed by atoms with Gasteiger partial charge in [-0.2, -0.15) is 4.80 Å². The molecule has 4 aliphatic rings. The molecule has 0 amide bonds. The lowest BCUT2D eigenvalue weighted by Gasteiger charge is -2.57. The minimum Gasteiger partial charge on any atom is -0.390 e. The number of hydrogen-bond acceptors (Lipinski definition) is 4. The second kappa shape index (κ2) is 8.11. The van der Waals surface area contributed by atoms with Crippen molar-refractivity contribution in [1.82, 2.24) is 20.2 Å². The van der Waals surface area contributed by atoms with E-state index in [4.69, 9.17) is 0 Å². The van der Waals surface area contributed by atoms with E-state index in [2.05, 4.69) is 36.2 Å². The summed E-state index contributed by atoms with van der Waals surface area (Å²) in [6, 6.07) is 0. The van der Waals surface area contributed by atoms with Crippen molar-refractivity contribution in [1.29, 1.82) is 0 Å². The number of hydrogen-bond donors (Lipinski definition) is 1. The van der Waals surface area contributed by atoms with Gasteiger partial charge < -0.3 is 5.11 Å². The molecule has 5 rings (SSSR count). The van der Waals surface area contributed by atoms with Crippen molar-refractivity contribution in [3.63, 3.8) is 0 Å². The molecule has 0 radical (unpaired) electrons. The van der Waals surface area contributed by atoms with Gasteiger partial charge in [-0.25, -0.2) is 0 Å². The number of nitrogens with zero attached hydrogens (tertiary/aromatic N) is 4. The first-order valence-electron chi connectivity index (χ1n) is 13.3. The van der Waals surface area contributed by atoms with E-state index in [1.807, 2.05) is 11.7 Å². The van der Waals surface area contributed by atoms with Crippen LogP contribution in [-0.4, -0.2) is 30.9 Å². The lowest BCUT2D eigenvalue weighted by atomic mass is 9.48. The topological polar surface area (TPSA) is 63.8 Å². The van der Waals surface area contributed by atoms with Crippen molar-refractivity contribution >= 4 is 0 Å². The zero-order chi connectivity index (χ0) is 21.8. The van der Waals surface area contributed by atoms with Crippen molar-refractivity contribution in [2.75, 3.05) is 0 Å². The third-order valence-electron chi connectivity index (χ3n) is 10.6. The maximum atomic E-state index is 11.1. The highest BCUT2D eigenvalue weighted by Gasteiger charge is 2.58.